The third-order valence-corrected chi connectivity index (χ3v) is 2.64. The normalized spacial score (nSPS) is 15.6. The van der Waals surface area contributed by atoms with Crippen molar-refractivity contribution in [2.75, 3.05) is 12.3 Å². The number of nitrogen functional groups attached to an aromatic ring is 1. The first-order chi connectivity index (χ1) is 6.66. The first-order valence-corrected chi connectivity index (χ1v) is 5.16. The standard InChI is InChI=1S/C12H17NO/c1-8-5-11(13)6-9(2)12(8)14-7-10-3-4-10/h5-6,10H,3-4,7,13H2,1-2H3. The van der Waals surface area contributed by atoms with Crippen LogP contribution in [0.5, 0.6) is 5.75 Å². The Morgan fingerprint density at radius 3 is 2.36 bits per heavy atom. The van der Waals surface area contributed by atoms with Gasteiger partial charge in [0.05, 0.1) is 6.61 Å². The summed E-state index contributed by atoms with van der Waals surface area (Å²) < 4.78 is 5.79. The van der Waals surface area contributed by atoms with Gasteiger partial charge in [0.1, 0.15) is 5.75 Å². The Morgan fingerprint density at radius 1 is 1.29 bits per heavy atom. The monoisotopic (exact) mass is 191 g/mol. The van der Waals surface area contributed by atoms with Gasteiger partial charge in [0, 0.05) is 5.69 Å². The minimum Gasteiger partial charge on any atom is -0.493 e. The molecule has 0 heterocycles. The van der Waals surface area contributed by atoms with Gasteiger partial charge in [-0.05, 0) is 55.9 Å². The van der Waals surface area contributed by atoms with Crippen LogP contribution in [-0.2, 0) is 0 Å². The molecule has 1 saturated carbocycles. The predicted molar refractivity (Wildman–Crippen MR) is 58.5 cm³/mol. The summed E-state index contributed by atoms with van der Waals surface area (Å²) in [4.78, 5) is 0. The Hall–Kier alpha value is -1.18. The molecule has 1 aliphatic carbocycles. The molecule has 0 atom stereocenters. The Labute approximate surface area is 85.1 Å². The summed E-state index contributed by atoms with van der Waals surface area (Å²) in [5, 5.41) is 0. The molecule has 1 aromatic rings. The van der Waals surface area contributed by atoms with Gasteiger partial charge >= 0.3 is 0 Å². The van der Waals surface area contributed by atoms with Crippen LogP contribution in [0.2, 0.25) is 0 Å². The van der Waals surface area contributed by atoms with Crippen LogP contribution in [0.25, 0.3) is 0 Å². The minimum atomic E-state index is 0.798. The summed E-state index contributed by atoms with van der Waals surface area (Å²) in [6, 6.07) is 3.93. The molecule has 0 amide bonds. The number of ether oxygens (including phenoxy) is 1. The van der Waals surface area contributed by atoms with Crippen molar-refractivity contribution < 1.29 is 4.74 Å². The molecule has 0 saturated heterocycles. The van der Waals surface area contributed by atoms with E-state index in [2.05, 4.69) is 0 Å². The van der Waals surface area contributed by atoms with E-state index >= 15 is 0 Å². The van der Waals surface area contributed by atoms with Gasteiger partial charge in [-0.1, -0.05) is 0 Å². The molecule has 2 N–H and O–H groups in total. The molecular weight excluding hydrogens is 174 g/mol. The van der Waals surface area contributed by atoms with E-state index in [-0.39, 0.29) is 0 Å². The van der Waals surface area contributed by atoms with Gasteiger partial charge in [0.15, 0.2) is 0 Å². The summed E-state index contributed by atoms with van der Waals surface area (Å²) in [6.45, 7) is 4.96. The summed E-state index contributed by atoms with van der Waals surface area (Å²) in [7, 11) is 0. The molecule has 14 heavy (non-hydrogen) atoms. The van der Waals surface area contributed by atoms with E-state index in [0.29, 0.717) is 0 Å². The van der Waals surface area contributed by atoms with Crippen LogP contribution in [-0.4, -0.2) is 6.61 Å². The highest BCUT2D eigenvalue weighted by Gasteiger charge is 2.22. The molecule has 76 valence electrons. The number of rotatable bonds is 3. The first kappa shape index (κ1) is 9.38. The van der Waals surface area contributed by atoms with Crippen LogP contribution in [0, 0.1) is 19.8 Å². The maximum absolute atomic E-state index is 5.79. The second kappa shape index (κ2) is 3.52. The van der Waals surface area contributed by atoms with E-state index in [1.54, 1.807) is 0 Å². The summed E-state index contributed by atoms with van der Waals surface area (Å²) in [5.74, 6) is 1.82. The molecule has 0 aromatic heterocycles. The van der Waals surface area contributed by atoms with E-state index in [9.17, 15) is 0 Å². The van der Waals surface area contributed by atoms with Crippen LogP contribution in [0.3, 0.4) is 0 Å². The van der Waals surface area contributed by atoms with Crippen LogP contribution in [0.4, 0.5) is 5.69 Å². The molecule has 1 aromatic carbocycles. The van der Waals surface area contributed by atoms with Crippen LogP contribution in [0.15, 0.2) is 12.1 Å². The number of hydrogen-bond acceptors (Lipinski definition) is 2. The molecule has 1 aliphatic rings. The Balaban J connectivity index is 2.13. The van der Waals surface area contributed by atoms with Crippen molar-refractivity contribution in [2.45, 2.75) is 26.7 Å². The quantitative estimate of drug-likeness (QED) is 0.745. The molecule has 0 spiro atoms. The fourth-order valence-corrected chi connectivity index (χ4v) is 1.70. The predicted octanol–water partition coefficient (Wildman–Crippen LogP) is 2.67. The van der Waals surface area contributed by atoms with Crippen molar-refractivity contribution in [3.63, 3.8) is 0 Å². The highest BCUT2D eigenvalue weighted by Crippen LogP contribution is 2.32. The largest absolute Gasteiger partial charge is 0.493 e. The Kier molecular flexibility index (Phi) is 2.36. The van der Waals surface area contributed by atoms with Crippen molar-refractivity contribution in [1.29, 1.82) is 0 Å². The summed E-state index contributed by atoms with van der Waals surface area (Å²) in [6.07, 6.45) is 2.65. The fourth-order valence-electron chi connectivity index (χ4n) is 1.70. The van der Waals surface area contributed by atoms with Gasteiger partial charge in [-0.15, -0.1) is 0 Å². The molecule has 0 radical (unpaired) electrons. The van der Waals surface area contributed by atoms with E-state index in [1.165, 1.54) is 12.8 Å². The number of anilines is 1. The number of aryl methyl sites for hydroxylation is 2. The van der Waals surface area contributed by atoms with Gasteiger partial charge in [0.25, 0.3) is 0 Å². The third kappa shape index (κ3) is 2.00. The average molecular weight is 191 g/mol. The van der Waals surface area contributed by atoms with E-state index < -0.39 is 0 Å². The average Bonchev–Trinajstić information content (AvgIpc) is 2.85. The van der Waals surface area contributed by atoms with Crippen LogP contribution >= 0.6 is 0 Å². The molecule has 2 heteroatoms. The third-order valence-electron chi connectivity index (χ3n) is 2.64. The molecule has 0 aliphatic heterocycles. The lowest BCUT2D eigenvalue weighted by molar-refractivity contribution is 0.296. The van der Waals surface area contributed by atoms with Gasteiger partial charge in [-0.25, -0.2) is 0 Å². The van der Waals surface area contributed by atoms with Crippen molar-refractivity contribution >= 4 is 5.69 Å². The van der Waals surface area contributed by atoms with Gasteiger partial charge in [-0.3, -0.25) is 0 Å². The lowest BCUT2D eigenvalue weighted by Gasteiger charge is -2.12. The molecule has 0 bridgehead atoms. The Morgan fingerprint density at radius 2 is 1.86 bits per heavy atom. The summed E-state index contributed by atoms with van der Waals surface area (Å²) >= 11 is 0. The molecule has 2 rings (SSSR count). The molecule has 2 nitrogen and oxygen atoms in total. The zero-order chi connectivity index (χ0) is 10.1. The topological polar surface area (TPSA) is 35.2 Å². The van der Waals surface area contributed by atoms with E-state index in [0.717, 1.165) is 35.1 Å². The number of nitrogens with two attached hydrogens (primary N) is 1. The zero-order valence-corrected chi connectivity index (χ0v) is 8.84. The lowest BCUT2D eigenvalue weighted by Crippen LogP contribution is -2.02. The maximum Gasteiger partial charge on any atom is 0.125 e. The van der Waals surface area contributed by atoms with Crippen molar-refractivity contribution in [3.8, 4) is 5.75 Å². The lowest BCUT2D eigenvalue weighted by atomic mass is 10.1. The van der Waals surface area contributed by atoms with Crippen molar-refractivity contribution in [2.24, 2.45) is 5.92 Å². The SMILES string of the molecule is Cc1cc(N)cc(C)c1OCC1CC1. The molecule has 0 unspecified atom stereocenters. The fraction of sp³-hybridized carbons (Fsp3) is 0.500. The smallest absolute Gasteiger partial charge is 0.125 e. The minimum absolute atomic E-state index is 0.798. The van der Waals surface area contributed by atoms with E-state index in [1.807, 2.05) is 26.0 Å². The summed E-state index contributed by atoms with van der Waals surface area (Å²) in [5.41, 5.74) is 8.84. The first-order valence-electron chi connectivity index (χ1n) is 5.16. The van der Waals surface area contributed by atoms with Crippen LogP contribution < -0.4 is 10.5 Å². The van der Waals surface area contributed by atoms with Gasteiger partial charge < -0.3 is 10.5 Å². The van der Waals surface area contributed by atoms with Crippen molar-refractivity contribution in [3.05, 3.63) is 23.3 Å². The Bertz CT molecular complexity index is 319. The highest BCUT2D eigenvalue weighted by atomic mass is 16.5. The second-order valence-electron chi connectivity index (χ2n) is 4.24. The van der Waals surface area contributed by atoms with Gasteiger partial charge in [-0.2, -0.15) is 0 Å². The number of benzene rings is 1. The highest BCUT2D eigenvalue weighted by molar-refractivity contribution is 5.52. The molecular formula is C12H17NO. The van der Waals surface area contributed by atoms with Gasteiger partial charge in [0.2, 0.25) is 0 Å². The van der Waals surface area contributed by atoms with Crippen LogP contribution in [0.1, 0.15) is 24.0 Å². The maximum atomic E-state index is 5.79. The van der Waals surface area contributed by atoms with Crippen molar-refractivity contribution in [1.82, 2.24) is 0 Å². The van der Waals surface area contributed by atoms with E-state index in [4.69, 9.17) is 10.5 Å². The molecule has 1 fully saturated rings. The zero-order valence-electron chi connectivity index (χ0n) is 8.84. The number of hydrogen-bond donors (Lipinski definition) is 1. The second-order valence-corrected chi connectivity index (χ2v) is 4.24.